The van der Waals surface area contributed by atoms with E-state index in [0.717, 1.165) is 6.42 Å². The van der Waals surface area contributed by atoms with Crippen LogP contribution in [0.5, 0.6) is 11.5 Å². The summed E-state index contributed by atoms with van der Waals surface area (Å²) in [6, 6.07) is 12.1. The van der Waals surface area contributed by atoms with Gasteiger partial charge in [-0.2, -0.15) is 10.1 Å². The molecular formula is C23H23FN4O4. The van der Waals surface area contributed by atoms with Crippen LogP contribution < -0.4 is 20.6 Å². The van der Waals surface area contributed by atoms with Crippen LogP contribution in [0.3, 0.4) is 0 Å². The fourth-order valence-corrected chi connectivity index (χ4v) is 2.78. The molecule has 1 heterocycles. The van der Waals surface area contributed by atoms with Gasteiger partial charge in [0.25, 0.3) is 5.91 Å². The lowest BCUT2D eigenvalue weighted by molar-refractivity contribution is 0.0949. The zero-order valence-corrected chi connectivity index (χ0v) is 17.7. The Labute approximate surface area is 184 Å². The minimum Gasteiger partial charge on any atom is -0.490 e. The van der Waals surface area contributed by atoms with Crippen molar-refractivity contribution < 1.29 is 18.7 Å². The fraction of sp³-hybridized carbons (Fsp3) is 0.217. The van der Waals surface area contributed by atoms with E-state index in [1.54, 1.807) is 18.2 Å². The first-order chi connectivity index (χ1) is 15.5. The third-order valence-corrected chi connectivity index (χ3v) is 4.24. The molecule has 0 saturated heterocycles. The molecule has 0 bridgehead atoms. The molecule has 0 atom stereocenters. The average Bonchev–Trinajstić information content (AvgIpc) is 2.78. The topological polar surface area (TPSA) is 106 Å². The van der Waals surface area contributed by atoms with Gasteiger partial charge in [-0.25, -0.2) is 14.6 Å². The lowest BCUT2D eigenvalue weighted by atomic mass is 10.1. The standard InChI is InChI=1S/C23H23FN4O4/c1-3-11-32-20-10-5-15(12-21(20)31-4-2)14-25-28-22(29)19-13-18(26-23(30)27-19)16-6-8-17(24)9-7-16/h5-10,12-14H,3-4,11H2,1-2H3,(H,28,29)(H,26,27,30)/b25-14+. The highest BCUT2D eigenvalue weighted by atomic mass is 19.1. The molecule has 0 aliphatic carbocycles. The molecule has 8 nitrogen and oxygen atoms in total. The number of rotatable bonds is 9. The Bertz CT molecular complexity index is 1160. The van der Waals surface area contributed by atoms with E-state index in [-0.39, 0.29) is 11.4 Å². The van der Waals surface area contributed by atoms with Crippen molar-refractivity contribution in [1.82, 2.24) is 15.4 Å². The van der Waals surface area contributed by atoms with Crippen LogP contribution >= 0.6 is 0 Å². The van der Waals surface area contributed by atoms with E-state index in [9.17, 15) is 14.0 Å². The van der Waals surface area contributed by atoms with Crippen LogP contribution in [0, 0.1) is 5.82 Å². The van der Waals surface area contributed by atoms with Gasteiger partial charge in [-0.3, -0.25) is 4.79 Å². The summed E-state index contributed by atoms with van der Waals surface area (Å²) in [6.45, 7) is 4.95. The van der Waals surface area contributed by atoms with E-state index in [4.69, 9.17) is 9.47 Å². The summed E-state index contributed by atoms with van der Waals surface area (Å²) in [6.07, 6.45) is 2.32. The number of amides is 1. The molecule has 9 heteroatoms. The molecule has 166 valence electrons. The number of nitrogens with zero attached hydrogens (tertiary/aromatic N) is 2. The third kappa shape index (κ3) is 6.00. The molecule has 2 N–H and O–H groups in total. The number of hydrogen-bond acceptors (Lipinski definition) is 6. The lowest BCUT2D eigenvalue weighted by Crippen LogP contribution is -2.24. The zero-order valence-electron chi connectivity index (χ0n) is 17.7. The van der Waals surface area contributed by atoms with E-state index in [0.29, 0.717) is 35.8 Å². The summed E-state index contributed by atoms with van der Waals surface area (Å²) in [4.78, 5) is 30.5. The quantitative estimate of drug-likeness (QED) is 0.393. The number of ether oxygens (including phenoxy) is 2. The maximum absolute atomic E-state index is 13.1. The van der Waals surface area contributed by atoms with Gasteiger partial charge in [0, 0.05) is 5.56 Å². The highest BCUT2D eigenvalue weighted by Crippen LogP contribution is 2.28. The normalized spacial score (nSPS) is 10.8. The van der Waals surface area contributed by atoms with Gasteiger partial charge in [-0.05, 0) is 67.4 Å². The first-order valence-corrected chi connectivity index (χ1v) is 10.1. The van der Waals surface area contributed by atoms with E-state index >= 15 is 0 Å². The molecule has 1 aromatic heterocycles. The van der Waals surface area contributed by atoms with Crippen molar-refractivity contribution in [3.8, 4) is 22.8 Å². The van der Waals surface area contributed by atoms with Crippen molar-refractivity contribution in [1.29, 1.82) is 0 Å². The third-order valence-electron chi connectivity index (χ3n) is 4.24. The summed E-state index contributed by atoms with van der Waals surface area (Å²) >= 11 is 0. The van der Waals surface area contributed by atoms with Crippen molar-refractivity contribution in [2.24, 2.45) is 5.10 Å². The molecule has 2 aromatic carbocycles. The molecular weight excluding hydrogens is 415 g/mol. The molecule has 3 rings (SSSR count). The average molecular weight is 438 g/mol. The number of nitrogens with one attached hydrogen (secondary N) is 2. The van der Waals surface area contributed by atoms with Gasteiger partial charge in [-0.15, -0.1) is 0 Å². The molecule has 0 aliphatic rings. The number of hydrogen-bond donors (Lipinski definition) is 2. The summed E-state index contributed by atoms with van der Waals surface area (Å²) < 4.78 is 24.4. The lowest BCUT2D eigenvalue weighted by Gasteiger charge is -2.11. The maximum Gasteiger partial charge on any atom is 0.346 e. The molecule has 0 spiro atoms. The van der Waals surface area contributed by atoms with Gasteiger partial charge < -0.3 is 14.5 Å². The summed E-state index contributed by atoms with van der Waals surface area (Å²) in [5.41, 5.74) is 3.07. The minimum atomic E-state index is -0.704. The van der Waals surface area contributed by atoms with Crippen LogP contribution in [-0.4, -0.2) is 35.3 Å². The van der Waals surface area contributed by atoms with E-state index in [2.05, 4.69) is 20.5 Å². The summed E-state index contributed by atoms with van der Waals surface area (Å²) in [5, 5.41) is 3.94. The zero-order chi connectivity index (χ0) is 22.9. The van der Waals surface area contributed by atoms with Crippen molar-refractivity contribution in [3.63, 3.8) is 0 Å². The van der Waals surface area contributed by atoms with Gasteiger partial charge >= 0.3 is 5.69 Å². The first kappa shape index (κ1) is 22.7. The molecule has 0 aliphatic heterocycles. The van der Waals surface area contributed by atoms with Gasteiger partial charge in [-0.1, -0.05) is 6.92 Å². The van der Waals surface area contributed by atoms with Crippen molar-refractivity contribution in [2.45, 2.75) is 20.3 Å². The van der Waals surface area contributed by atoms with Gasteiger partial charge in [0.05, 0.1) is 25.1 Å². The number of carbonyl (C=O) groups excluding carboxylic acids is 1. The number of aromatic amines is 1. The van der Waals surface area contributed by atoms with Crippen molar-refractivity contribution in [3.05, 3.63) is 76.1 Å². The van der Waals surface area contributed by atoms with E-state index in [1.165, 1.54) is 36.5 Å². The molecule has 1 amide bonds. The van der Waals surface area contributed by atoms with Crippen LogP contribution in [0.25, 0.3) is 11.3 Å². The SMILES string of the molecule is CCCOc1ccc(/C=N/NC(=O)c2cc(-c3ccc(F)cc3)nc(=O)[nH]2)cc1OCC. The number of hydrazone groups is 1. The predicted octanol–water partition coefficient (Wildman–Crippen LogP) is 3.53. The van der Waals surface area contributed by atoms with E-state index in [1.807, 2.05) is 13.8 Å². The molecule has 0 radical (unpaired) electrons. The predicted molar refractivity (Wildman–Crippen MR) is 119 cm³/mol. The van der Waals surface area contributed by atoms with Gasteiger partial charge in [0.2, 0.25) is 0 Å². The van der Waals surface area contributed by atoms with Crippen LogP contribution in [0.4, 0.5) is 4.39 Å². The summed E-state index contributed by atoms with van der Waals surface area (Å²) in [5.74, 6) is 0.177. The van der Waals surface area contributed by atoms with Crippen LogP contribution in [0.2, 0.25) is 0 Å². The smallest absolute Gasteiger partial charge is 0.346 e. The molecule has 32 heavy (non-hydrogen) atoms. The van der Waals surface area contributed by atoms with Gasteiger partial charge in [0.1, 0.15) is 11.5 Å². The van der Waals surface area contributed by atoms with Crippen LogP contribution in [0.1, 0.15) is 36.3 Å². The van der Waals surface area contributed by atoms with Crippen molar-refractivity contribution >= 4 is 12.1 Å². The number of halogens is 1. The Kier molecular flexibility index (Phi) is 7.69. The number of aromatic nitrogens is 2. The number of H-pyrrole nitrogens is 1. The molecule has 0 fully saturated rings. The van der Waals surface area contributed by atoms with Crippen molar-refractivity contribution in [2.75, 3.05) is 13.2 Å². The highest BCUT2D eigenvalue weighted by Gasteiger charge is 2.11. The Morgan fingerprint density at radius 2 is 1.91 bits per heavy atom. The highest BCUT2D eigenvalue weighted by molar-refractivity contribution is 5.94. The van der Waals surface area contributed by atoms with Crippen LogP contribution in [-0.2, 0) is 0 Å². The second-order valence-electron chi connectivity index (χ2n) is 6.68. The second kappa shape index (κ2) is 10.9. The number of benzene rings is 2. The fourth-order valence-electron chi connectivity index (χ4n) is 2.78. The maximum atomic E-state index is 13.1. The first-order valence-electron chi connectivity index (χ1n) is 10.1. The van der Waals surface area contributed by atoms with Crippen LogP contribution in [0.15, 0.2) is 58.4 Å². The Morgan fingerprint density at radius 1 is 1.12 bits per heavy atom. The largest absolute Gasteiger partial charge is 0.490 e. The number of carbonyl (C=O) groups is 1. The van der Waals surface area contributed by atoms with E-state index < -0.39 is 17.4 Å². The Morgan fingerprint density at radius 3 is 2.62 bits per heavy atom. The second-order valence-corrected chi connectivity index (χ2v) is 6.68. The summed E-state index contributed by atoms with van der Waals surface area (Å²) in [7, 11) is 0. The molecule has 0 unspecified atom stereocenters. The Hall–Kier alpha value is -4.01. The van der Waals surface area contributed by atoms with Gasteiger partial charge in [0.15, 0.2) is 11.5 Å². The Balaban J connectivity index is 1.73. The molecule has 0 saturated carbocycles. The monoisotopic (exact) mass is 438 g/mol. The minimum absolute atomic E-state index is 0.0280. The molecule has 3 aromatic rings.